The van der Waals surface area contributed by atoms with Crippen LogP contribution in [-0.2, 0) is 14.8 Å². The van der Waals surface area contributed by atoms with Crippen molar-refractivity contribution in [2.45, 2.75) is 46.4 Å². The molecule has 146 valence electrons. The highest BCUT2D eigenvalue weighted by atomic mass is 32.2. The second-order valence-electron chi connectivity index (χ2n) is 7.15. The Bertz CT molecular complexity index is 969. The molecular weight excluding hydrogens is 360 g/mol. The number of likely N-dealkylation sites (N-methyl/N-ethyl adjacent to an activating group) is 1. The Kier molecular flexibility index (Phi) is 6.12. The monoisotopic (exact) mass is 388 g/mol. The highest BCUT2D eigenvalue weighted by molar-refractivity contribution is 7.89. The second-order valence-corrected chi connectivity index (χ2v) is 9.13. The van der Waals surface area contributed by atoms with Gasteiger partial charge >= 0.3 is 0 Å². The Balaban J connectivity index is 2.28. The summed E-state index contributed by atoms with van der Waals surface area (Å²) in [5.41, 5.74) is 6.02. The smallest absolute Gasteiger partial charge is 0.243 e. The molecule has 0 aromatic heterocycles. The molecule has 0 atom stereocenters. The lowest BCUT2D eigenvalue weighted by Gasteiger charge is -2.22. The van der Waals surface area contributed by atoms with Crippen LogP contribution in [0, 0.1) is 41.5 Å². The predicted octanol–water partition coefficient (Wildman–Crippen LogP) is 3.80. The van der Waals surface area contributed by atoms with Crippen LogP contribution in [-0.4, -0.2) is 32.2 Å². The van der Waals surface area contributed by atoms with Gasteiger partial charge < -0.3 is 5.32 Å². The summed E-state index contributed by atoms with van der Waals surface area (Å²) in [6, 6.07) is 7.62. The topological polar surface area (TPSA) is 66.5 Å². The third-order valence-electron chi connectivity index (χ3n) is 5.21. The lowest BCUT2D eigenvalue weighted by Crippen LogP contribution is -2.36. The molecule has 1 amide bonds. The molecule has 0 fully saturated rings. The standard InChI is InChI=1S/C21H28N2O3S/c1-13-9-8-10-19(16(13)4)22-20(24)12-23(7)27(25,26)21-17(5)14(2)11-15(3)18(21)6/h8-11H,12H2,1-7H3,(H,22,24). The van der Waals surface area contributed by atoms with Crippen molar-refractivity contribution < 1.29 is 13.2 Å². The number of hydrogen-bond acceptors (Lipinski definition) is 3. The zero-order valence-electron chi connectivity index (χ0n) is 17.1. The van der Waals surface area contributed by atoms with Gasteiger partial charge in [0.1, 0.15) is 0 Å². The number of anilines is 1. The number of aryl methyl sites for hydroxylation is 3. The van der Waals surface area contributed by atoms with E-state index in [0.717, 1.165) is 37.7 Å². The number of nitrogens with one attached hydrogen (secondary N) is 1. The number of rotatable bonds is 5. The largest absolute Gasteiger partial charge is 0.325 e. The molecule has 5 nitrogen and oxygen atoms in total. The third kappa shape index (κ3) is 4.22. The first-order valence-corrected chi connectivity index (χ1v) is 10.3. The molecule has 6 heteroatoms. The van der Waals surface area contributed by atoms with Crippen LogP contribution in [0.1, 0.15) is 33.4 Å². The summed E-state index contributed by atoms with van der Waals surface area (Å²) in [7, 11) is -2.34. The fourth-order valence-corrected chi connectivity index (χ4v) is 4.78. The van der Waals surface area contributed by atoms with Crippen LogP contribution >= 0.6 is 0 Å². The van der Waals surface area contributed by atoms with Crippen LogP contribution in [0.3, 0.4) is 0 Å². The van der Waals surface area contributed by atoms with Gasteiger partial charge in [0.05, 0.1) is 11.4 Å². The van der Waals surface area contributed by atoms with Gasteiger partial charge in [0.15, 0.2) is 0 Å². The summed E-state index contributed by atoms with van der Waals surface area (Å²) in [4.78, 5) is 12.7. The van der Waals surface area contributed by atoms with Gasteiger partial charge in [0.25, 0.3) is 0 Å². The molecule has 2 rings (SSSR count). The van der Waals surface area contributed by atoms with Crippen LogP contribution in [0.4, 0.5) is 5.69 Å². The van der Waals surface area contributed by atoms with Crippen LogP contribution in [0.25, 0.3) is 0 Å². The first kappa shape index (κ1) is 21.1. The molecule has 1 N–H and O–H groups in total. The fourth-order valence-electron chi connectivity index (χ4n) is 3.09. The Labute approximate surface area is 162 Å². The van der Waals surface area contributed by atoms with Crippen LogP contribution in [0.2, 0.25) is 0 Å². The van der Waals surface area contributed by atoms with Crippen molar-refractivity contribution in [3.05, 3.63) is 57.6 Å². The SMILES string of the molecule is Cc1cccc(NC(=O)CN(C)S(=O)(=O)c2c(C)c(C)cc(C)c2C)c1C. The van der Waals surface area contributed by atoms with E-state index in [1.807, 2.05) is 52.0 Å². The molecule has 0 unspecified atom stereocenters. The highest BCUT2D eigenvalue weighted by Crippen LogP contribution is 2.28. The number of carbonyl (C=O) groups is 1. The van der Waals surface area contributed by atoms with Crippen molar-refractivity contribution in [1.29, 1.82) is 0 Å². The summed E-state index contributed by atoms with van der Waals surface area (Å²) in [6.45, 7) is 11.0. The van der Waals surface area contributed by atoms with Crippen LogP contribution in [0.15, 0.2) is 29.2 Å². The molecule has 2 aromatic carbocycles. The molecule has 27 heavy (non-hydrogen) atoms. The summed E-state index contributed by atoms with van der Waals surface area (Å²) in [5.74, 6) is -0.366. The normalized spacial score (nSPS) is 11.7. The lowest BCUT2D eigenvalue weighted by atomic mass is 10.0. The van der Waals surface area contributed by atoms with Gasteiger partial charge in [-0.15, -0.1) is 0 Å². The first-order chi connectivity index (χ1) is 12.5. The maximum absolute atomic E-state index is 13.1. The molecular formula is C21H28N2O3S. The maximum atomic E-state index is 13.1. The molecule has 2 aromatic rings. The van der Waals surface area contributed by atoms with Crippen LogP contribution < -0.4 is 5.32 Å². The Hall–Kier alpha value is -2.18. The van der Waals surface area contributed by atoms with E-state index in [1.54, 1.807) is 13.8 Å². The van der Waals surface area contributed by atoms with Crippen molar-refractivity contribution in [2.24, 2.45) is 0 Å². The summed E-state index contributed by atoms with van der Waals surface area (Å²) < 4.78 is 27.4. The molecule has 0 aliphatic heterocycles. The minimum absolute atomic E-state index is 0.248. The molecule has 0 saturated carbocycles. The van der Waals surface area contributed by atoms with E-state index < -0.39 is 10.0 Å². The number of hydrogen-bond donors (Lipinski definition) is 1. The quantitative estimate of drug-likeness (QED) is 0.847. The zero-order valence-corrected chi connectivity index (χ0v) is 17.9. The molecule has 0 heterocycles. The third-order valence-corrected chi connectivity index (χ3v) is 7.29. The maximum Gasteiger partial charge on any atom is 0.243 e. The highest BCUT2D eigenvalue weighted by Gasteiger charge is 2.28. The number of amides is 1. The molecule has 0 aliphatic rings. The summed E-state index contributed by atoms with van der Waals surface area (Å²) in [6.07, 6.45) is 0. The van der Waals surface area contributed by atoms with E-state index in [-0.39, 0.29) is 12.5 Å². The van der Waals surface area contributed by atoms with Gasteiger partial charge in [-0.1, -0.05) is 18.2 Å². The lowest BCUT2D eigenvalue weighted by molar-refractivity contribution is -0.116. The van der Waals surface area contributed by atoms with Crippen molar-refractivity contribution in [2.75, 3.05) is 18.9 Å². The van der Waals surface area contributed by atoms with Gasteiger partial charge in [-0.3, -0.25) is 4.79 Å². The fraction of sp³-hybridized carbons (Fsp3) is 0.381. The predicted molar refractivity (Wildman–Crippen MR) is 110 cm³/mol. The Morgan fingerprint density at radius 3 is 2.04 bits per heavy atom. The minimum atomic E-state index is -3.78. The number of carbonyl (C=O) groups excluding carboxylic acids is 1. The average Bonchev–Trinajstić information content (AvgIpc) is 2.57. The van der Waals surface area contributed by atoms with E-state index in [0.29, 0.717) is 10.6 Å². The average molecular weight is 389 g/mol. The van der Waals surface area contributed by atoms with Gasteiger partial charge in [0, 0.05) is 12.7 Å². The molecule has 0 saturated heterocycles. The molecule has 0 spiro atoms. The Morgan fingerprint density at radius 1 is 0.926 bits per heavy atom. The van der Waals surface area contributed by atoms with Crippen molar-refractivity contribution in [3.8, 4) is 0 Å². The van der Waals surface area contributed by atoms with E-state index >= 15 is 0 Å². The second kappa shape index (κ2) is 7.82. The minimum Gasteiger partial charge on any atom is -0.325 e. The molecule has 0 aliphatic carbocycles. The Morgan fingerprint density at radius 2 is 1.48 bits per heavy atom. The van der Waals surface area contributed by atoms with Crippen LogP contribution in [0.5, 0.6) is 0 Å². The number of sulfonamides is 1. The van der Waals surface area contributed by atoms with E-state index in [4.69, 9.17) is 0 Å². The van der Waals surface area contributed by atoms with Crippen molar-refractivity contribution >= 4 is 21.6 Å². The summed E-state index contributed by atoms with van der Waals surface area (Å²) in [5, 5.41) is 2.81. The van der Waals surface area contributed by atoms with Crippen molar-refractivity contribution in [1.82, 2.24) is 4.31 Å². The molecule has 0 bridgehead atoms. The zero-order chi connectivity index (χ0) is 20.5. The number of benzene rings is 2. The van der Waals surface area contributed by atoms with Gasteiger partial charge in [-0.25, -0.2) is 8.42 Å². The van der Waals surface area contributed by atoms with Crippen molar-refractivity contribution in [3.63, 3.8) is 0 Å². The first-order valence-electron chi connectivity index (χ1n) is 8.86. The summed E-state index contributed by atoms with van der Waals surface area (Å²) >= 11 is 0. The molecule has 0 radical (unpaired) electrons. The van der Waals surface area contributed by atoms with E-state index in [1.165, 1.54) is 7.05 Å². The number of nitrogens with zero attached hydrogens (tertiary/aromatic N) is 1. The van der Waals surface area contributed by atoms with Gasteiger partial charge in [-0.2, -0.15) is 4.31 Å². The van der Waals surface area contributed by atoms with E-state index in [2.05, 4.69) is 5.32 Å². The van der Waals surface area contributed by atoms with Gasteiger partial charge in [-0.05, 0) is 81.0 Å². The van der Waals surface area contributed by atoms with Gasteiger partial charge in [0.2, 0.25) is 15.9 Å². The van der Waals surface area contributed by atoms with E-state index in [9.17, 15) is 13.2 Å².